The maximum absolute atomic E-state index is 13.1. The van der Waals surface area contributed by atoms with Gasteiger partial charge in [-0.25, -0.2) is 4.39 Å². The average Bonchev–Trinajstić information content (AvgIpc) is 2.57. The Bertz CT molecular complexity index is 801. The van der Waals surface area contributed by atoms with Crippen LogP contribution in [-0.4, -0.2) is 39.1 Å². The molecule has 2 aromatic rings. The van der Waals surface area contributed by atoms with E-state index in [4.69, 9.17) is 16.3 Å². The van der Waals surface area contributed by atoms with Crippen molar-refractivity contribution in [3.05, 3.63) is 53.3 Å². The molecule has 0 saturated carbocycles. The van der Waals surface area contributed by atoms with E-state index in [-0.39, 0.29) is 29.9 Å². The monoisotopic (exact) mass is 380 g/mol. The summed E-state index contributed by atoms with van der Waals surface area (Å²) < 4.78 is 18.2. The zero-order chi connectivity index (χ0) is 19.1. The van der Waals surface area contributed by atoms with Crippen molar-refractivity contribution in [2.45, 2.75) is 0 Å². The van der Waals surface area contributed by atoms with Crippen LogP contribution in [0.1, 0.15) is 0 Å². The molecule has 26 heavy (non-hydrogen) atoms. The Morgan fingerprint density at radius 1 is 1.08 bits per heavy atom. The Hall–Kier alpha value is -2.64. The minimum atomic E-state index is -0.554. The first-order valence-electron chi connectivity index (χ1n) is 7.87. The number of amides is 2. The minimum Gasteiger partial charge on any atom is -0.497 e. The number of nitrogens with one attached hydrogen (secondary N) is 3. The summed E-state index contributed by atoms with van der Waals surface area (Å²) in [5, 5.41) is 5.30. The van der Waals surface area contributed by atoms with Gasteiger partial charge in [-0.3, -0.25) is 9.59 Å². The van der Waals surface area contributed by atoms with Gasteiger partial charge < -0.3 is 20.3 Å². The van der Waals surface area contributed by atoms with Crippen molar-refractivity contribution in [1.29, 1.82) is 0 Å². The molecule has 0 aliphatic carbocycles. The highest BCUT2D eigenvalue weighted by Crippen LogP contribution is 2.19. The number of methoxy groups -OCH3 is 1. The Morgan fingerprint density at radius 3 is 2.27 bits per heavy atom. The van der Waals surface area contributed by atoms with E-state index in [2.05, 4.69) is 10.6 Å². The van der Waals surface area contributed by atoms with E-state index in [0.717, 1.165) is 0 Å². The second-order valence-corrected chi connectivity index (χ2v) is 6.18. The van der Waals surface area contributed by atoms with Crippen LogP contribution >= 0.6 is 11.6 Å². The van der Waals surface area contributed by atoms with E-state index in [1.54, 1.807) is 38.4 Å². The topological polar surface area (TPSA) is 71.9 Å². The number of quaternary nitrogens is 1. The van der Waals surface area contributed by atoms with Crippen molar-refractivity contribution < 1.29 is 23.6 Å². The van der Waals surface area contributed by atoms with E-state index in [0.29, 0.717) is 22.0 Å². The van der Waals surface area contributed by atoms with Crippen LogP contribution in [0.25, 0.3) is 0 Å². The summed E-state index contributed by atoms with van der Waals surface area (Å²) >= 11 is 5.68. The number of carbonyl (C=O) groups is 2. The largest absolute Gasteiger partial charge is 0.497 e. The number of hydrogen-bond donors (Lipinski definition) is 3. The van der Waals surface area contributed by atoms with Gasteiger partial charge in [0.1, 0.15) is 11.6 Å². The molecular formula is C18H20ClFN3O3+. The van der Waals surface area contributed by atoms with E-state index in [9.17, 15) is 14.0 Å². The van der Waals surface area contributed by atoms with Crippen molar-refractivity contribution in [1.82, 2.24) is 0 Å². The lowest BCUT2D eigenvalue weighted by Gasteiger charge is -2.14. The number of hydrogen-bond acceptors (Lipinski definition) is 3. The maximum atomic E-state index is 13.1. The highest BCUT2D eigenvalue weighted by molar-refractivity contribution is 6.31. The van der Waals surface area contributed by atoms with Crippen LogP contribution in [0, 0.1) is 5.82 Å². The lowest BCUT2D eigenvalue weighted by Crippen LogP contribution is -3.11. The zero-order valence-corrected chi connectivity index (χ0v) is 15.2. The van der Waals surface area contributed by atoms with Gasteiger partial charge in [0.25, 0.3) is 11.8 Å². The standard InChI is InChI=1S/C18H19ClFN3O3/c1-23(10-17(24)21-12-4-3-5-14(8-12)26-2)11-18(25)22-13-6-7-16(20)15(19)9-13/h3-9H,10-11H2,1-2H3,(H,21,24)(H,22,25)/p+1. The van der Waals surface area contributed by atoms with Gasteiger partial charge in [-0.1, -0.05) is 17.7 Å². The molecule has 0 bridgehead atoms. The van der Waals surface area contributed by atoms with Crippen molar-refractivity contribution >= 4 is 34.8 Å². The van der Waals surface area contributed by atoms with Crippen LogP contribution in [0.4, 0.5) is 15.8 Å². The Labute approximate surface area is 155 Å². The fourth-order valence-corrected chi connectivity index (χ4v) is 2.48. The molecule has 1 unspecified atom stereocenters. The van der Waals surface area contributed by atoms with Gasteiger partial charge in [0, 0.05) is 17.4 Å². The summed E-state index contributed by atoms with van der Waals surface area (Å²) in [4.78, 5) is 24.8. The first kappa shape index (κ1) is 19.7. The van der Waals surface area contributed by atoms with Gasteiger partial charge in [0.05, 0.1) is 19.2 Å². The first-order valence-corrected chi connectivity index (χ1v) is 8.25. The average molecular weight is 381 g/mol. The zero-order valence-electron chi connectivity index (χ0n) is 14.4. The van der Waals surface area contributed by atoms with Crippen LogP contribution in [0.5, 0.6) is 5.75 Å². The second kappa shape index (κ2) is 9.17. The van der Waals surface area contributed by atoms with Crippen molar-refractivity contribution in [3.63, 3.8) is 0 Å². The fraction of sp³-hybridized carbons (Fsp3) is 0.222. The van der Waals surface area contributed by atoms with Crippen molar-refractivity contribution in [3.8, 4) is 5.75 Å². The molecule has 0 aromatic heterocycles. The molecule has 6 nitrogen and oxygen atoms in total. The lowest BCUT2D eigenvalue weighted by molar-refractivity contribution is -0.862. The van der Waals surface area contributed by atoms with Gasteiger partial charge in [-0.2, -0.15) is 0 Å². The number of anilines is 2. The number of likely N-dealkylation sites (N-methyl/N-ethyl adjacent to an activating group) is 1. The van der Waals surface area contributed by atoms with E-state index in [1.165, 1.54) is 18.2 Å². The van der Waals surface area contributed by atoms with Crippen LogP contribution in [0.2, 0.25) is 5.02 Å². The molecule has 1 atom stereocenters. The molecule has 2 rings (SSSR count). The smallest absolute Gasteiger partial charge is 0.279 e. The summed E-state index contributed by atoms with van der Waals surface area (Å²) in [5.74, 6) is -0.449. The molecular weight excluding hydrogens is 361 g/mol. The van der Waals surface area contributed by atoms with Crippen LogP contribution in [0.15, 0.2) is 42.5 Å². The first-order chi connectivity index (χ1) is 12.4. The number of rotatable bonds is 7. The van der Waals surface area contributed by atoms with Crippen LogP contribution in [-0.2, 0) is 9.59 Å². The third kappa shape index (κ3) is 6.02. The molecule has 0 aliphatic rings. The van der Waals surface area contributed by atoms with E-state index < -0.39 is 5.82 Å². The summed E-state index contributed by atoms with van der Waals surface area (Å²) in [6.45, 7) is 0.176. The molecule has 8 heteroatoms. The SMILES string of the molecule is COc1cccc(NC(=O)C[NH+](C)CC(=O)Nc2ccc(F)c(Cl)c2)c1. The number of carbonyl (C=O) groups excluding carboxylic acids is 2. The Balaban J connectivity index is 1.82. The van der Waals surface area contributed by atoms with Gasteiger partial charge in [-0.05, 0) is 30.3 Å². The Kier molecular flexibility index (Phi) is 6.94. The molecule has 3 N–H and O–H groups in total. The van der Waals surface area contributed by atoms with E-state index >= 15 is 0 Å². The Morgan fingerprint density at radius 2 is 1.69 bits per heavy atom. The summed E-state index contributed by atoms with van der Waals surface area (Å²) in [6, 6.07) is 10.9. The normalized spacial score (nSPS) is 11.5. The fourth-order valence-electron chi connectivity index (χ4n) is 2.30. The molecule has 0 radical (unpaired) electrons. The van der Waals surface area contributed by atoms with Crippen LogP contribution < -0.4 is 20.3 Å². The number of ether oxygens (including phenoxy) is 1. The summed E-state index contributed by atoms with van der Waals surface area (Å²) in [5.41, 5.74) is 1.02. The molecule has 0 heterocycles. The van der Waals surface area contributed by atoms with Crippen LogP contribution in [0.3, 0.4) is 0 Å². The van der Waals surface area contributed by atoms with Gasteiger partial charge >= 0.3 is 0 Å². The maximum Gasteiger partial charge on any atom is 0.279 e. The third-order valence-electron chi connectivity index (χ3n) is 3.48. The molecule has 2 amide bonds. The molecule has 0 saturated heterocycles. The quantitative estimate of drug-likeness (QED) is 0.683. The number of halogens is 2. The lowest BCUT2D eigenvalue weighted by atomic mass is 10.3. The number of benzene rings is 2. The highest BCUT2D eigenvalue weighted by Gasteiger charge is 2.15. The predicted molar refractivity (Wildman–Crippen MR) is 98.3 cm³/mol. The molecule has 138 valence electrons. The molecule has 0 fully saturated rings. The van der Waals surface area contributed by atoms with Crippen molar-refractivity contribution in [2.75, 3.05) is 37.9 Å². The van der Waals surface area contributed by atoms with Crippen molar-refractivity contribution in [2.24, 2.45) is 0 Å². The van der Waals surface area contributed by atoms with Gasteiger partial charge in [-0.15, -0.1) is 0 Å². The van der Waals surface area contributed by atoms with E-state index in [1.807, 2.05) is 0 Å². The molecule has 0 aliphatic heterocycles. The molecule has 0 spiro atoms. The summed E-state index contributed by atoms with van der Waals surface area (Å²) in [6.07, 6.45) is 0. The predicted octanol–water partition coefficient (Wildman–Crippen LogP) is 1.58. The molecule has 2 aromatic carbocycles. The summed E-state index contributed by atoms with van der Waals surface area (Å²) in [7, 11) is 3.27. The third-order valence-corrected chi connectivity index (χ3v) is 3.77. The highest BCUT2D eigenvalue weighted by atomic mass is 35.5. The van der Waals surface area contributed by atoms with Gasteiger partial charge in [0.15, 0.2) is 13.1 Å². The minimum absolute atomic E-state index is 0.0684. The second-order valence-electron chi connectivity index (χ2n) is 5.77. The van der Waals surface area contributed by atoms with Gasteiger partial charge in [0.2, 0.25) is 0 Å².